The highest BCUT2D eigenvalue weighted by atomic mass is 16.7. The summed E-state index contributed by atoms with van der Waals surface area (Å²) in [5.74, 6) is -0.117. The van der Waals surface area contributed by atoms with Crippen LogP contribution in [0.25, 0.3) is 0 Å². The van der Waals surface area contributed by atoms with Crippen LogP contribution in [0.4, 0.5) is 0 Å². The highest BCUT2D eigenvalue weighted by Gasteiger charge is 2.51. The van der Waals surface area contributed by atoms with Crippen molar-refractivity contribution in [1.82, 2.24) is 0 Å². The summed E-state index contributed by atoms with van der Waals surface area (Å²) in [6.07, 6.45) is -21.7. The number of ether oxygens (including phenoxy) is 9. The van der Waals surface area contributed by atoms with Gasteiger partial charge in [-0.25, -0.2) is 0 Å². The molecule has 0 saturated carbocycles. The Bertz CT molecular complexity index is 948. The predicted octanol–water partition coefficient (Wildman–Crippen LogP) is -5.31. The van der Waals surface area contributed by atoms with Gasteiger partial charge in [-0.2, -0.15) is 0 Å². The third-order valence-corrected chi connectivity index (χ3v) is 9.33. The molecule has 46 heavy (non-hydrogen) atoms. The lowest BCUT2D eigenvalue weighted by molar-refractivity contribution is -0.324. The summed E-state index contributed by atoms with van der Waals surface area (Å²) in [7, 11) is 0. The van der Waals surface area contributed by atoms with Crippen molar-refractivity contribution in [3.05, 3.63) is 0 Å². The monoisotopic (exact) mass is 672 g/mol. The van der Waals surface area contributed by atoms with E-state index in [1.165, 1.54) is 0 Å². The first kappa shape index (κ1) is 36.6. The van der Waals surface area contributed by atoms with E-state index in [0.29, 0.717) is 13.0 Å². The third-order valence-electron chi connectivity index (χ3n) is 9.33. The quantitative estimate of drug-likeness (QED) is 0.105. The van der Waals surface area contributed by atoms with Gasteiger partial charge in [0, 0.05) is 0 Å². The molecule has 5 rings (SSSR count). The summed E-state index contributed by atoms with van der Waals surface area (Å²) in [5, 5.41) is 93.9. The van der Waals surface area contributed by atoms with Crippen LogP contribution in [0.5, 0.6) is 0 Å². The molecule has 0 bridgehead atoms. The summed E-state index contributed by atoms with van der Waals surface area (Å²) < 4.78 is 51.0. The summed E-state index contributed by atoms with van der Waals surface area (Å²) in [6.45, 7) is 2.31. The molecule has 0 aromatic carbocycles. The predicted molar refractivity (Wildman–Crippen MR) is 147 cm³/mol. The van der Waals surface area contributed by atoms with Crippen LogP contribution in [-0.2, 0) is 42.6 Å². The Morgan fingerprint density at radius 3 is 1.87 bits per heavy atom. The summed E-state index contributed by atoms with van der Waals surface area (Å²) in [5.41, 5.74) is 0. The van der Waals surface area contributed by atoms with Crippen molar-refractivity contribution in [1.29, 1.82) is 0 Å². The fraction of sp³-hybridized carbons (Fsp3) is 1.00. The van der Waals surface area contributed by atoms with Crippen molar-refractivity contribution in [3.63, 3.8) is 0 Å². The van der Waals surface area contributed by atoms with E-state index in [1.54, 1.807) is 6.92 Å². The molecule has 18 nitrogen and oxygen atoms in total. The zero-order chi connectivity index (χ0) is 33.3. The van der Waals surface area contributed by atoms with Gasteiger partial charge in [0.1, 0.15) is 85.5 Å². The van der Waals surface area contributed by atoms with Crippen LogP contribution in [0.3, 0.4) is 0 Å². The van der Waals surface area contributed by atoms with E-state index in [4.69, 9.17) is 42.6 Å². The van der Waals surface area contributed by atoms with E-state index in [9.17, 15) is 46.0 Å². The Kier molecular flexibility index (Phi) is 12.6. The molecule has 5 aliphatic rings. The second-order valence-electron chi connectivity index (χ2n) is 12.6. The first-order chi connectivity index (χ1) is 21.9. The van der Waals surface area contributed by atoms with E-state index < -0.39 is 117 Å². The van der Waals surface area contributed by atoms with Crippen molar-refractivity contribution >= 4 is 0 Å². The molecule has 9 N–H and O–H groups in total. The molecule has 0 amide bonds. The molecule has 5 aliphatic heterocycles. The number of hydrogen-bond donors (Lipinski definition) is 9. The second kappa shape index (κ2) is 15.9. The van der Waals surface area contributed by atoms with Gasteiger partial charge >= 0.3 is 0 Å². The fourth-order valence-corrected chi connectivity index (χ4v) is 6.09. The number of hydrogen-bond acceptors (Lipinski definition) is 18. The van der Waals surface area contributed by atoms with Crippen molar-refractivity contribution in [2.24, 2.45) is 5.92 Å². The van der Waals surface area contributed by atoms with Crippen LogP contribution in [-0.4, -0.2) is 196 Å². The van der Waals surface area contributed by atoms with Gasteiger partial charge in [0.05, 0.1) is 45.7 Å². The molecular formula is C28H48O18. The Balaban J connectivity index is 1.21. The SMILES string of the molecule is CC1CCO[C@@H](O[C@@H]2CO[C@@H](CO[C@@H]3CO[C@@H](O[C@@H]4CO[C@@H](C)C(O)C4O)C(O)C3O)C(O[C@@H]3O[C@@H](CO)C(O)C3O)C2O)C1O. The first-order valence-electron chi connectivity index (χ1n) is 15.7. The maximum absolute atomic E-state index is 11.3. The number of aliphatic hydroxyl groups excluding tert-OH is 9. The van der Waals surface area contributed by atoms with Crippen LogP contribution in [0, 0.1) is 5.92 Å². The average molecular weight is 673 g/mol. The van der Waals surface area contributed by atoms with Gasteiger partial charge in [-0.1, -0.05) is 6.92 Å². The Labute approximate surface area is 265 Å². The summed E-state index contributed by atoms with van der Waals surface area (Å²) >= 11 is 0. The number of rotatable bonds is 10. The van der Waals surface area contributed by atoms with Gasteiger partial charge in [-0.05, 0) is 19.3 Å². The minimum absolute atomic E-state index is 0.0736. The molecule has 0 aromatic heterocycles. The molecule has 18 heteroatoms. The van der Waals surface area contributed by atoms with Gasteiger partial charge in [-0.3, -0.25) is 0 Å². The van der Waals surface area contributed by atoms with E-state index in [0.717, 1.165) is 0 Å². The van der Waals surface area contributed by atoms with E-state index in [2.05, 4.69) is 0 Å². The molecule has 5 heterocycles. The second-order valence-corrected chi connectivity index (χ2v) is 12.6. The van der Waals surface area contributed by atoms with Crippen molar-refractivity contribution < 1.29 is 88.6 Å². The maximum Gasteiger partial charge on any atom is 0.187 e. The zero-order valence-corrected chi connectivity index (χ0v) is 25.6. The van der Waals surface area contributed by atoms with Crippen LogP contribution >= 0.6 is 0 Å². The Hall–Kier alpha value is -0.720. The summed E-state index contributed by atoms with van der Waals surface area (Å²) in [4.78, 5) is 0. The Morgan fingerprint density at radius 1 is 0.565 bits per heavy atom. The average Bonchev–Trinajstić information content (AvgIpc) is 3.31. The molecule has 0 spiro atoms. The minimum atomic E-state index is -1.62. The van der Waals surface area contributed by atoms with Crippen LogP contribution in [0.1, 0.15) is 20.3 Å². The summed E-state index contributed by atoms with van der Waals surface area (Å²) in [6, 6.07) is 0. The molecule has 0 aliphatic carbocycles. The molecule has 0 aromatic rings. The van der Waals surface area contributed by atoms with Crippen molar-refractivity contribution in [2.45, 2.75) is 131 Å². The van der Waals surface area contributed by atoms with Gasteiger partial charge in [0.2, 0.25) is 0 Å². The fourth-order valence-electron chi connectivity index (χ4n) is 6.09. The minimum Gasteiger partial charge on any atom is -0.394 e. The van der Waals surface area contributed by atoms with Crippen molar-refractivity contribution in [3.8, 4) is 0 Å². The van der Waals surface area contributed by atoms with Crippen LogP contribution < -0.4 is 0 Å². The molecule has 5 fully saturated rings. The lowest BCUT2D eigenvalue weighted by Crippen LogP contribution is -2.61. The van der Waals surface area contributed by atoms with E-state index in [1.807, 2.05) is 6.92 Å². The molecule has 5 saturated heterocycles. The highest BCUT2D eigenvalue weighted by molar-refractivity contribution is 4.94. The Morgan fingerprint density at radius 2 is 1.17 bits per heavy atom. The first-order valence-corrected chi connectivity index (χ1v) is 15.7. The molecule has 19 atom stereocenters. The molecular weight excluding hydrogens is 624 g/mol. The molecule has 10 unspecified atom stereocenters. The van der Waals surface area contributed by atoms with Crippen LogP contribution in [0.15, 0.2) is 0 Å². The topological polar surface area (TPSA) is 265 Å². The highest BCUT2D eigenvalue weighted by Crippen LogP contribution is 2.32. The van der Waals surface area contributed by atoms with Gasteiger partial charge in [0.25, 0.3) is 0 Å². The van der Waals surface area contributed by atoms with Gasteiger partial charge < -0.3 is 88.6 Å². The lowest BCUT2D eigenvalue weighted by atomic mass is 9.97. The maximum atomic E-state index is 11.3. The normalized spacial score (nSPS) is 52.1. The standard InChI is InChI=1S/C28H48O18/c1-10-3-4-38-26(17(10)30)45-15-8-41-16(25(22(15)35)46-28-24(37)19(32)12(5-29)43-28)9-40-13-6-42-27(23(36)20(13)33)44-14-7-39-11(2)18(31)21(14)34/h10-37H,3-9H2,1-2H3/t10?,11-,12-,13+,14+,15+,16-,17?,18?,19?,20?,21?,22?,23?,24?,25?,26-,27-,28-/m0/s1. The molecule has 0 radical (unpaired) electrons. The number of aliphatic hydroxyl groups is 9. The lowest BCUT2D eigenvalue weighted by Gasteiger charge is -2.44. The zero-order valence-electron chi connectivity index (χ0n) is 25.6. The third kappa shape index (κ3) is 7.85. The van der Waals surface area contributed by atoms with E-state index >= 15 is 0 Å². The van der Waals surface area contributed by atoms with Crippen molar-refractivity contribution in [2.75, 3.05) is 39.6 Å². The van der Waals surface area contributed by atoms with E-state index in [-0.39, 0.29) is 32.3 Å². The van der Waals surface area contributed by atoms with Crippen LogP contribution in [0.2, 0.25) is 0 Å². The van der Waals surface area contributed by atoms with Gasteiger partial charge in [-0.15, -0.1) is 0 Å². The largest absolute Gasteiger partial charge is 0.394 e. The van der Waals surface area contributed by atoms with Gasteiger partial charge in [0.15, 0.2) is 18.9 Å². The smallest absolute Gasteiger partial charge is 0.187 e. The molecule has 268 valence electrons.